The van der Waals surface area contributed by atoms with Gasteiger partial charge in [-0.2, -0.15) is 0 Å². The minimum atomic E-state index is 0.519. The van der Waals surface area contributed by atoms with Crippen molar-refractivity contribution in [1.82, 2.24) is 10.2 Å². The van der Waals surface area contributed by atoms with Gasteiger partial charge in [0.05, 0.1) is 0 Å². The van der Waals surface area contributed by atoms with E-state index in [0.29, 0.717) is 12.6 Å². The summed E-state index contributed by atoms with van der Waals surface area (Å²) in [7, 11) is 0. The van der Waals surface area contributed by atoms with Gasteiger partial charge in [0, 0.05) is 38.8 Å². The number of aryl methyl sites for hydroxylation is 2. The minimum absolute atomic E-state index is 0.519. The van der Waals surface area contributed by atoms with E-state index < -0.39 is 0 Å². The van der Waals surface area contributed by atoms with Crippen LogP contribution in [0.1, 0.15) is 45.0 Å². The van der Waals surface area contributed by atoms with Crippen molar-refractivity contribution in [2.24, 2.45) is 5.73 Å². The van der Waals surface area contributed by atoms with Crippen LogP contribution in [0.15, 0.2) is 66.7 Å². The number of nitrogens with two attached hydrogens (primary N) is 1. The second-order valence-electron chi connectivity index (χ2n) is 8.26. The Morgan fingerprint density at radius 1 is 0.862 bits per heavy atom. The van der Waals surface area contributed by atoms with Crippen LogP contribution in [0, 0.1) is 13.8 Å². The van der Waals surface area contributed by atoms with E-state index in [2.05, 4.69) is 90.8 Å². The zero-order chi connectivity index (χ0) is 20.2. The van der Waals surface area contributed by atoms with Crippen molar-refractivity contribution in [2.75, 3.05) is 6.54 Å². The number of hydrogen-bond donors (Lipinski definition) is 2. The Hall–Kier alpha value is -2.46. The predicted molar refractivity (Wildman–Crippen MR) is 120 cm³/mol. The molecule has 1 fully saturated rings. The number of benzene rings is 3. The van der Waals surface area contributed by atoms with Crippen LogP contribution in [0.5, 0.6) is 0 Å². The molecule has 0 aromatic heterocycles. The minimum Gasteiger partial charge on any atom is -0.326 e. The highest BCUT2D eigenvalue weighted by Gasteiger charge is 2.26. The van der Waals surface area contributed by atoms with Crippen molar-refractivity contribution >= 4 is 0 Å². The van der Waals surface area contributed by atoms with Gasteiger partial charge in [-0.1, -0.05) is 72.3 Å². The molecule has 1 saturated heterocycles. The molecule has 3 heteroatoms. The van der Waals surface area contributed by atoms with E-state index in [0.717, 1.165) is 26.2 Å². The van der Waals surface area contributed by atoms with E-state index in [9.17, 15) is 0 Å². The zero-order valence-corrected chi connectivity index (χ0v) is 17.5. The third-order valence-corrected chi connectivity index (χ3v) is 5.73. The summed E-state index contributed by atoms with van der Waals surface area (Å²) in [5.41, 5.74) is 15.3. The first-order chi connectivity index (χ1) is 14.1. The molecule has 150 valence electrons. The van der Waals surface area contributed by atoms with Gasteiger partial charge in [0.1, 0.15) is 0 Å². The summed E-state index contributed by atoms with van der Waals surface area (Å²) in [6.45, 7) is 8.94. The number of nitrogens with zero attached hydrogens (tertiary/aromatic N) is 1. The summed E-state index contributed by atoms with van der Waals surface area (Å²) < 4.78 is 0. The summed E-state index contributed by atoms with van der Waals surface area (Å²) in [4.78, 5) is 2.55. The summed E-state index contributed by atoms with van der Waals surface area (Å²) in [5.74, 6) is 0. The molecule has 1 heterocycles. The van der Waals surface area contributed by atoms with Crippen molar-refractivity contribution < 1.29 is 0 Å². The first-order valence-corrected chi connectivity index (χ1v) is 10.5. The molecule has 3 N–H and O–H groups in total. The lowest BCUT2D eigenvalue weighted by Gasteiger charge is -2.25. The SMILES string of the molecule is Cc1cc(C)c(CN(Cc2ccccc2)Cc2ccc(CN)cc2)c(C2CN2)c1. The van der Waals surface area contributed by atoms with Crippen molar-refractivity contribution in [3.63, 3.8) is 0 Å². The van der Waals surface area contributed by atoms with Crippen molar-refractivity contribution in [1.29, 1.82) is 0 Å². The standard InChI is InChI=1S/C26H31N3/c1-19-12-20(2)25(24(13-19)26-15-28-26)18-29(16-22-6-4-3-5-7-22)17-23-10-8-21(14-27)9-11-23/h3-13,26,28H,14-18,27H2,1-2H3. The van der Waals surface area contributed by atoms with Crippen LogP contribution in [0.2, 0.25) is 0 Å². The maximum Gasteiger partial charge on any atom is 0.0451 e. The quantitative estimate of drug-likeness (QED) is 0.557. The highest BCUT2D eigenvalue weighted by atomic mass is 15.1. The highest BCUT2D eigenvalue weighted by Crippen LogP contribution is 2.30. The average molecular weight is 386 g/mol. The van der Waals surface area contributed by atoms with Gasteiger partial charge < -0.3 is 11.1 Å². The molecular formula is C26H31N3. The van der Waals surface area contributed by atoms with Gasteiger partial charge in [-0.15, -0.1) is 0 Å². The molecule has 1 aliphatic rings. The van der Waals surface area contributed by atoms with Gasteiger partial charge >= 0.3 is 0 Å². The van der Waals surface area contributed by atoms with E-state index >= 15 is 0 Å². The fourth-order valence-corrected chi connectivity index (χ4v) is 4.11. The van der Waals surface area contributed by atoms with Crippen LogP contribution in [0.4, 0.5) is 0 Å². The monoisotopic (exact) mass is 385 g/mol. The third kappa shape index (κ3) is 5.13. The van der Waals surface area contributed by atoms with Crippen molar-refractivity contribution in [3.8, 4) is 0 Å². The van der Waals surface area contributed by atoms with E-state index in [1.54, 1.807) is 0 Å². The summed E-state index contributed by atoms with van der Waals surface area (Å²) in [6, 6.07) is 24.7. The van der Waals surface area contributed by atoms with Crippen LogP contribution >= 0.6 is 0 Å². The predicted octanol–water partition coefficient (Wildman–Crippen LogP) is 4.61. The molecule has 4 rings (SSSR count). The molecule has 0 saturated carbocycles. The van der Waals surface area contributed by atoms with Gasteiger partial charge in [0.25, 0.3) is 0 Å². The lowest BCUT2D eigenvalue weighted by Crippen LogP contribution is -2.24. The summed E-state index contributed by atoms with van der Waals surface area (Å²) in [6.07, 6.45) is 0. The molecule has 0 bridgehead atoms. The molecule has 0 radical (unpaired) electrons. The summed E-state index contributed by atoms with van der Waals surface area (Å²) in [5, 5.41) is 3.50. The average Bonchev–Trinajstić information content (AvgIpc) is 3.56. The maximum absolute atomic E-state index is 5.77. The fourth-order valence-electron chi connectivity index (χ4n) is 4.11. The van der Waals surface area contributed by atoms with Crippen LogP contribution in [-0.2, 0) is 26.2 Å². The van der Waals surface area contributed by atoms with E-state index in [1.807, 2.05) is 0 Å². The van der Waals surface area contributed by atoms with E-state index in [-0.39, 0.29) is 0 Å². The topological polar surface area (TPSA) is 51.2 Å². The first kappa shape index (κ1) is 19.8. The van der Waals surface area contributed by atoms with Crippen LogP contribution in [0.25, 0.3) is 0 Å². The Labute approximate surface area is 174 Å². The third-order valence-electron chi connectivity index (χ3n) is 5.73. The Bertz CT molecular complexity index is 944. The second-order valence-corrected chi connectivity index (χ2v) is 8.26. The Morgan fingerprint density at radius 3 is 2.10 bits per heavy atom. The Balaban J connectivity index is 1.61. The largest absolute Gasteiger partial charge is 0.326 e. The van der Waals surface area contributed by atoms with Gasteiger partial charge in [-0.25, -0.2) is 0 Å². The second kappa shape index (κ2) is 8.91. The number of rotatable bonds is 8. The zero-order valence-electron chi connectivity index (χ0n) is 17.5. The summed E-state index contributed by atoms with van der Waals surface area (Å²) >= 11 is 0. The molecule has 1 unspecified atom stereocenters. The molecule has 1 aliphatic heterocycles. The molecule has 0 amide bonds. The first-order valence-electron chi connectivity index (χ1n) is 10.5. The van der Waals surface area contributed by atoms with Crippen molar-refractivity contribution in [2.45, 2.75) is 46.1 Å². The Morgan fingerprint density at radius 2 is 1.48 bits per heavy atom. The van der Waals surface area contributed by atoms with E-state index in [1.165, 1.54) is 38.9 Å². The lowest BCUT2D eigenvalue weighted by molar-refractivity contribution is 0.246. The molecule has 1 atom stereocenters. The molecule has 0 spiro atoms. The maximum atomic E-state index is 5.77. The van der Waals surface area contributed by atoms with Crippen molar-refractivity contribution in [3.05, 3.63) is 106 Å². The molecular weight excluding hydrogens is 354 g/mol. The normalized spacial score (nSPS) is 15.7. The fraction of sp³-hybridized carbons (Fsp3) is 0.308. The number of nitrogens with one attached hydrogen (secondary N) is 1. The molecule has 3 aromatic carbocycles. The van der Waals surface area contributed by atoms with Gasteiger partial charge in [0.15, 0.2) is 0 Å². The van der Waals surface area contributed by atoms with Gasteiger partial charge in [0.2, 0.25) is 0 Å². The molecule has 3 nitrogen and oxygen atoms in total. The highest BCUT2D eigenvalue weighted by molar-refractivity contribution is 5.42. The van der Waals surface area contributed by atoms with E-state index in [4.69, 9.17) is 5.73 Å². The Kier molecular flexibility index (Phi) is 6.10. The molecule has 3 aromatic rings. The molecule has 29 heavy (non-hydrogen) atoms. The van der Waals surface area contributed by atoms with Crippen LogP contribution < -0.4 is 11.1 Å². The number of hydrogen-bond acceptors (Lipinski definition) is 3. The van der Waals surface area contributed by atoms with Crippen LogP contribution in [-0.4, -0.2) is 11.4 Å². The van der Waals surface area contributed by atoms with Crippen LogP contribution in [0.3, 0.4) is 0 Å². The molecule has 0 aliphatic carbocycles. The lowest BCUT2D eigenvalue weighted by atomic mass is 9.96. The smallest absolute Gasteiger partial charge is 0.0451 e. The van der Waals surface area contributed by atoms with Gasteiger partial charge in [-0.05, 0) is 47.2 Å². The van der Waals surface area contributed by atoms with Gasteiger partial charge in [-0.3, -0.25) is 4.90 Å².